The third-order valence-electron chi connectivity index (χ3n) is 4.00. The fourth-order valence-corrected chi connectivity index (χ4v) is 2.87. The van der Waals surface area contributed by atoms with E-state index in [9.17, 15) is 15.3 Å². The van der Waals surface area contributed by atoms with E-state index in [0.29, 0.717) is 5.69 Å². The number of fused-ring (bicyclic) bond motifs is 1. The van der Waals surface area contributed by atoms with Crippen LogP contribution in [0.25, 0.3) is 27.7 Å². The molecule has 0 aliphatic carbocycles. The molecule has 0 unspecified atom stereocenters. The number of benzene rings is 3. The number of hydrogen-bond acceptors (Lipinski definition) is 3. The average Bonchev–Trinajstić information content (AvgIpc) is 2.94. The van der Waals surface area contributed by atoms with Crippen molar-refractivity contribution in [3.63, 3.8) is 0 Å². The standard InChI is InChI=1S/C20H14NO3/c22-15-6-4-13(5-7-15)19-12-21(14-2-1-3-16(23)10-14)20-11-17(24)8-9-18(19)20/h1,3-12,22-24H. The minimum absolute atomic E-state index is 0.150. The normalized spacial score (nSPS) is 11.0. The smallest absolute Gasteiger partial charge is 0.117 e. The van der Waals surface area contributed by atoms with Crippen LogP contribution in [0.3, 0.4) is 0 Å². The maximum atomic E-state index is 9.87. The molecule has 3 aromatic carbocycles. The second-order valence-corrected chi connectivity index (χ2v) is 5.59. The molecule has 4 heteroatoms. The molecule has 1 radical (unpaired) electrons. The molecule has 4 nitrogen and oxygen atoms in total. The van der Waals surface area contributed by atoms with Crippen LogP contribution in [0.4, 0.5) is 0 Å². The van der Waals surface area contributed by atoms with Gasteiger partial charge in [0, 0.05) is 35.3 Å². The number of nitrogens with zero attached hydrogens (tertiary/aromatic N) is 1. The van der Waals surface area contributed by atoms with E-state index in [2.05, 4.69) is 6.07 Å². The van der Waals surface area contributed by atoms with Crippen molar-refractivity contribution in [3.8, 4) is 34.1 Å². The Kier molecular flexibility index (Phi) is 3.17. The van der Waals surface area contributed by atoms with Gasteiger partial charge < -0.3 is 19.9 Å². The fraction of sp³-hybridized carbons (Fsp3) is 0. The molecule has 24 heavy (non-hydrogen) atoms. The van der Waals surface area contributed by atoms with E-state index in [1.807, 2.05) is 29.0 Å². The van der Waals surface area contributed by atoms with Crippen LogP contribution in [0.2, 0.25) is 0 Å². The van der Waals surface area contributed by atoms with Crippen molar-refractivity contribution < 1.29 is 15.3 Å². The first-order chi connectivity index (χ1) is 11.6. The molecule has 0 spiro atoms. The van der Waals surface area contributed by atoms with Crippen LogP contribution in [0, 0.1) is 6.07 Å². The predicted octanol–water partition coefficient (Wildman–Crippen LogP) is 4.21. The summed E-state index contributed by atoms with van der Waals surface area (Å²) in [4.78, 5) is 0. The maximum absolute atomic E-state index is 9.87. The summed E-state index contributed by atoms with van der Waals surface area (Å²) in [6.45, 7) is 0. The van der Waals surface area contributed by atoms with Crippen molar-refractivity contribution in [2.45, 2.75) is 0 Å². The number of rotatable bonds is 2. The summed E-state index contributed by atoms with van der Waals surface area (Å²) in [6, 6.07) is 20.1. The van der Waals surface area contributed by atoms with Crippen LogP contribution in [0.15, 0.2) is 66.9 Å². The summed E-state index contributed by atoms with van der Waals surface area (Å²) < 4.78 is 1.87. The van der Waals surface area contributed by atoms with Crippen molar-refractivity contribution in [1.82, 2.24) is 4.57 Å². The van der Waals surface area contributed by atoms with E-state index >= 15 is 0 Å². The van der Waals surface area contributed by atoms with Crippen LogP contribution >= 0.6 is 0 Å². The molecular formula is C20H14NO3. The van der Waals surface area contributed by atoms with Crippen molar-refractivity contribution in [2.24, 2.45) is 0 Å². The highest BCUT2D eigenvalue weighted by molar-refractivity contribution is 5.97. The predicted molar refractivity (Wildman–Crippen MR) is 92.5 cm³/mol. The summed E-state index contributed by atoms with van der Waals surface area (Å²) in [6.07, 6.45) is 1.93. The summed E-state index contributed by atoms with van der Waals surface area (Å²) in [7, 11) is 0. The highest BCUT2D eigenvalue weighted by Gasteiger charge is 2.13. The van der Waals surface area contributed by atoms with E-state index in [1.165, 1.54) is 0 Å². The largest absolute Gasteiger partial charge is 0.508 e. The molecule has 1 heterocycles. The number of phenols is 3. The van der Waals surface area contributed by atoms with E-state index in [0.717, 1.165) is 22.0 Å². The van der Waals surface area contributed by atoms with Gasteiger partial charge in [-0.15, -0.1) is 0 Å². The Morgan fingerprint density at radius 3 is 2.21 bits per heavy atom. The lowest BCUT2D eigenvalue weighted by Gasteiger charge is -2.05. The van der Waals surface area contributed by atoms with Gasteiger partial charge in [-0.25, -0.2) is 0 Å². The second kappa shape index (κ2) is 5.35. The molecule has 0 aliphatic heterocycles. The first-order valence-corrected chi connectivity index (χ1v) is 7.46. The molecule has 0 aliphatic rings. The van der Waals surface area contributed by atoms with E-state index in [4.69, 9.17) is 0 Å². The molecule has 0 bridgehead atoms. The molecule has 0 fully saturated rings. The van der Waals surface area contributed by atoms with Gasteiger partial charge in [0.15, 0.2) is 0 Å². The summed E-state index contributed by atoms with van der Waals surface area (Å²) in [5.74, 6) is 0.526. The quantitative estimate of drug-likeness (QED) is 0.519. The van der Waals surface area contributed by atoms with Gasteiger partial charge in [0.2, 0.25) is 0 Å². The molecular weight excluding hydrogens is 302 g/mol. The average molecular weight is 316 g/mol. The van der Waals surface area contributed by atoms with Gasteiger partial charge in [-0.3, -0.25) is 0 Å². The molecule has 3 N–H and O–H groups in total. The van der Waals surface area contributed by atoms with E-state index in [1.54, 1.807) is 42.5 Å². The number of aromatic nitrogens is 1. The maximum Gasteiger partial charge on any atom is 0.117 e. The minimum Gasteiger partial charge on any atom is -0.508 e. The highest BCUT2D eigenvalue weighted by Crippen LogP contribution is 2.35. The minimum atomic E-state index is 0.150. The first-order valence-electron chi connectivity index (χ1n) is 7.46. The molecule has 0 saturated heterocycles. The lowest BCUT2D eigenvalue weighted by molar-refractivity contribution is 0.474. The molecule has 4 rings (SSSR count). The Balaban J connectivity index is 2.01. The zero-order valence-electron chi connectivity index (χ0n) is 12.6. The molecule has 0 amide bonds. The monoisotopic (exact) mass is 316 g/mol. The van der Waals surface area contributed by atoms with Crippen molar-refractivity contribution in [1.29, 1.82) is 0 Å². The van der Waals surface area contributed by atoms with Gasteiger partial charge in [0.05, 0.1) is 11.2 Å². The van der Waals surface area contributed by atoms with Gasteiger partial charge in [-0.1, -0.05) is 12.1 Å². The Morgan fingerprint density at radius 2 is 1.46 bits per heavy atom. The van der Waals surface area contributed by atoms with Crippen LogP contribution < -0.4 is 0 Å². The van der Waals surface area contributed by atoms with Gasteiger partial charge in [-0.05, 0) is 42.0 Å². The second-order valence-electron chi connectivity index (χ2n) is 5.59. The molecule has 4 aromatic rings. The molecule has 1 aromatic heterocycles. The Labute approximate surface area is 138 Å². The third-order valence-corrected chi connectivity index (χ3v) is 4.00. The zero-order chi connectivity index (χ0) is 16.7. The van der Waals surface area contributed by atoms with Crippen molar-refractivity contribution in [2.75, 3.05) is 0 Å². The topological polar surface area (TPSA) is 65.6 Å². The molecule has 0 atom stereocenters. The van der Waals surface area contributed by atoms with E-state index in [-0.39, 0.29) is 17.2 Å². The Hall–Kier alpha value is -3.40. The van der Waals surface area contributed by atoms with E-state index < -0.39 is 0 Å². The van der Waals surface area contributed by atoms with Crippen LogP contribution in [0.1, 0.15) is 0 Å². The number of aromatic hydroxyl groups is 3. The Bertz CT molecular complexity index is 1030. The van der Waals surface area contributed by atoms with Crippen molar-refractivity contribution in [3.05, 3.63) is 72.9 Å². The van der Waals surface area contributed by atoms with Gasteiger partial charge in [-0.2, -0.15) is 0 Å². The summed E-state index contributed by atoms with van der Waals surface area (Å²) in [5.41, 5.74) is 3.39. The lowest BCUT2D eigenvalue weighted by Crippen LogP contribution is -1.91. The van der Waals surface area contributed by atoms with Crippen molar-refractivity contribution >= 4 is 10.9 Å². The highest BCUT2D eigenvalue weighted by atomic mass is 16.3. The van der Waals surface area contributed by atoms with Crippen LogP contribution in [-0.4, -0.2) is 19.9 Å². The molecule has 117 valence electrons. The van der Waals surface area contributed by atoms with Crippen LogP contribution in [0.5, 0.6) is 17.2 Å². The number of phenolic OH excluding ortho intramolecular Hbond substituents is 3. The Morgan fingerprint density at radius 1 is 0.750 bits per heavy atom. The summed E-state index contributed by atoms with van der Waals surface area (Å²) in [5, 5.41) is 30.1. The first kappa shape index (κ1) is 14.2. The SMILES string of the molecule is Oc1ccc(-c2cn(-c3[c]ccc(O)c3)c3cc(O)ccc23)cc1. The fourth-order valence-electron chi connectivity index (χ4n) is 2.87. The van der Waals surface area contributed by atoms with Gasteiger partial charge in [0.1, 0.15) is 17.2 Å². The van der Waals surface area contributed by atoms with Gasteiger partial charge >= 0.3 is 0 Å². The number of hydrogen-bond donors (Lipinski definition) is 3. The van der Waals surface area contributed by atoms with Gasteiger partial charge in [0.25, 0.3) is 0 Å². The summed E-state index contributed by atoms with van der Waals surface area (Å²) >= 11 is 0. The zero-order valence-corrected chi connectivity index (χ0v) is 12.6. The lowest BCUT2D eigenvalue weighted by atomic mass is 10.0. The molecule has 0 saturated carbocycles. The third kappa shape index (κ3) is 2.34. The van der Waals surface area contributed by atoms with Crippen LogP contribution in [-0.2, 0) is 0 Å².